The number of aromatic nitrogens is 3. The summed E-state index contributed by atoms with van der Waals surface area (Å²) in [5.74, 6) is 1.03. The largest absolute Gasteiger partial charge is 0.382 e. The van der Waals surface area contributed by atoms with E-state index in [0.29, 0.717) is 25.1 Å². The number of anilines is 2. The maximum absolute atomic E-state index is 5.84. The summed E-state index contributed by atoms with van der Waals surface area (Å²) in [6.07, 6.45) is 1.93. The minimum atomic E-state index is 0.189. The highest BCUT2D eigenvalue weighted by Gasteiger charge is 2.05. The average Bonchev–Trinajstić information content (AvgIpc) is 2.41. The maximum atomic E-state index is 5.84. The number of rotatable bonds is 10. The van der Waals surface area contributed by atoms with Gasteiger partial charge in [0.2, 0.25) is 17.2 Å². The number of nitrogens with zero attached hydrogens (tertiary/aromatic N) is 4. The van der Waals surface area contributed by atoms with E-state index in [0.717, 1.165) is 26.0 Å². The van der Waals surface area contributed by atoms with Gasteiger partial charge in [0.05, 0.1) is 13.2 Å². The second-order valence-corrected chi connectivity index (χ2v) is 4.70. The van der Waals surface area contributed by atoms with E-state index in [1.807, 2.05) is 14.1 Å². The van der Waals surface area contributed by atoms with Crippen LogP contribution in [0.3, 0.4) is 0 Å². The topological polar surface area (TPSA) is 72.4 Å². The Morgan fingerprint density at radius 2 is 1.90 bits per heavy atom. The smallest absolute Gasteiger partial charge is 0.230 e. The van der Waals surface area contributed by atoms with Crippen molar-refractivity contribution in [2.75, 3.05) is 57.8 Å². The van der Waals surface area contributed by atoms with Crippen LogP contribution >= 0.6 is 11.6 Å². The van der Waals surface area contributed by atoms with Gasteiger partial charge >= 0.3 is 0 Å². The molecule has 0 saturated heterocycles. The van der Waals surface area contributed by atoms with Crippen molar-refractivity contribution in [2.24, 2.45) is 0 Å². The van der Waals surface area contributed by atoms with Crippen LogP contribution in [0, 0.1) is 0 Å². The number of hydrogen-bond acceptors (Lipinski definition) is 7. The Morgan fingerprint density at radius 1 is 1.10 bits per heavy atom. The Balaban J connectivity index is 2.21. The minimum absolute atomic E-state index is 0.189. The Labute approximate surface area is 124 Å². The lowest BCUT2D eigenvalue weighted by molar-refractivity contribution is 0.0691. The highest BCUT2D eigenvalue weighted by atomic mass is 35.5. The quantitative estimate of drug-likeness (QED) is 0.656. The summed E-state index contributed by atoms with van der Waals surface area (Å²) in [6.45, 7) is 2.76. The number of halogens is 1. The molecule has 1 N–H and O–H groups in total. The zero-order chi connectivity index (χ0) is 14.8. The lowest BCUT2D eigenvalue weighted by Crippen LogP contribution is -2.15. The molecule has 8 heteroatoms. The average molecular weight is 304 g/mol. The van der Waals surface area contributed by atoms with E-state index in [4.69, 9.17) is 21.1 Å². The third-order valence-electron chi connectivity index (χ3n) is 2.43. The molecule has 114 valence electrons. The highest BCUT2D eigenvalue weighted by Crippen LogP contribution is 2.11. The van der Waals surface area contributed by atoms with Gasteiger partial charge in [-0.25, -0.2) is 0 Å². The molecule has 0 amide bonds. The fraction of sp³-hybridized carbons (Fsp3) is 0.750. The van der Waals surface area contributed by atoms with E-state index in [1.54, 1.807) is 12.0 Å². The molecule has 0 bridgehead atoms. The van der Waals surface area contributed by atoms with Crippen molar-refractivity contribution >= 4 is 23.5 Å². The summed E-state index contributed by atoms with van der Waals surface area (Å²) in [5, 5.41) is 3.32. The van der Waals surface area contributed by atoms with Gasteiger partial charge in [-0.3, -0.25) is 0 Å². The van der Waals surface area contributed by atoms with Crippen molar-refractivity contribution in [2.45, 2.75) is 12.8 Å². The predicted molar refractivity (Wildman–Crippen MR) is 79.6 cm³/mol. The molecule has 0 spiro atoms. The van der Waals surface area contributed by atoms with Crippen LogP contribution in [-0.4, -0.2) is 62.5 Å². The summed E-state index contributed by atoms with van der Waals surface area (Å²) in [4.78, 5) is 14.1. The van der Waals surface area contributed by atoms with Crippen molar-refractivity contribution in [1.29, 1.82) is 0 Å². The molecular weight excluding hydrogens is 282 g/mol. The van der Waals surface area contributed by atoms with Gasteiger partial charge in [0.1, 0.15) is 0 Å². The van der Waals surface area contributed by atoms with Crippen LogP contribution < -0.4 is 10.2 Å². The van der Waals surface area contributed by atoms with Crippen LogP contribution in [0.4, 0.5) is 11.9 Å². The van der Waals surface area contributed by atoms with E-state index >= 15 is 0 Å². The standard InChI is InChI=1S/C12H22ClN5O2/c1-18(2)12-16-10(13)15-11(17-12)14-6-4-5-7-20-9-8-19-3/h4-9H2,1-3H3,(H,14,15,16,17). The van der Waals surface area contributed by atoms with Gasteiger partial charge in [0, 0.05) is 34.4 Å². The van der Waals surface area contributed by atoms with Crippen LogP contribution in [0.2, 0.25) is 5.28 Å². The Morgan fingerprint density at radius 3 is 2.60 bits per heavy atom. The van der Waals surface area contributed by atoms with Gasteiger partial charge in [-0.05, 0) is 24.4 Å². The molecule has 0 aliphatic rings. The van der Waals surface area contributed by atoms with Gasteiger partial charge in [0.25, 0.3) is 0 Å². The van der Waals surface area contributed by atoms with Gasteiger partial charge in [-0.1, -0.05) is 0 Å². The fourth-order valence-corrected chi connectivity index (χ4v) is 1.55. The van der Waals surface area contributed by atoms with Gasteiger partial charge < -0.3 is 19.7 Å². The molecule has 0 fully saturated rings. The first-order valence-electron chi connectivity index (χ1n) is 6.53. The number of methoxy groups -OCH3 is 1. The van der Waals surface area contributed by atoms with E-state index in [9.17, 15) is 0 Å². The zero-order valence-corrected chi connectivity index (χ0v) is 13.0. The summed E-state index contributed by atoms with van der Waals surface area (Å²) >= 11 is 5.84. The minimum Gasteiger partial charge on any atom is -0.382 e. The molecule has 1 heterocycles. The lowest BCUT2D eigenvalue weighted by Gasteiger charge is -2.11. The summed E-state index contributed by atoms with van der Waals surface area (Å²) in [6, 6.07) is 0. The van der Waals surface area contributed by atoms with Crippen molar-refractivity contribution in [3.63, 3.8) is 0 Å². The lowest BCUT2D eigenvalue weighted by atomic mass is 10.3. The molecule has 0 unspecified atom stereocenters. The van der Waals surface area contributed by atoms with Crippen LogP contribution in [-0.2, 0) is 9.47 Å². The van der Waals surface area contributed by atoms with Crippen LogP contribution in [0.25, 0.3) is 0 Å². The number of hydrogen-bond donors (Lipinski definition) is 1. The molecule has 1 aromatic rings. The summed E-state index contributed by atoms with van der Waals surface area (Å²) in [5.41, 5.74) is 0. The van der Waals surface area contributed by atoms with Crippen LogP contribution in [0.15, 0.2) is 0 Å². The monoisotopic (exact) mass is 303 g/mol. The first-order valence-corrected chi connectivity index (χ1v) is 6.90. The van der Waals surface area contributed by atoms with E-state index < -0.39 is 0 Å². The second kappa shape index (κ2) is 9.68. The van der Waals surface area contributed by atoms with Crippen molar-refractivity contribution in [1.82, 2.24) is 15.0 Å². The predicted octanol–water partition coefficient (Wildman–Crippen LogP) is 1.45. The van der Waals surface area contributed by atoms with E-state index in [1.165, 1.54) is 0 Å². The van der Waals surface area contributed by atoms with Crippen molar-refractivity contribution in [3.8, 4) is 0 Å². The third kappa shape index (κ3) is 6.83. The Hall–Kier alpha value is -1.18. The molecule has 1 rings (SSSR count). The molecule has 20 heavy (non-hydrogen) atoms. The molecule has 1 aromatic heterocycles. The second-order valence-electron chi connectivity index (χ2n) is 4.36. The highest BCUT2D eigenvalue weighted by molar-refractivity contribution is 6.28. The number of ether oxygens (including phenoxy) is 2. The Bertz CT molecular complexity index is 392. The summed E-state index contributed by atoms with van der Waals surface area (Å²) in [7, 11) is 5.37. The Kier molecular flexibility index (Phi) is 8.17. The van der Waals surface area contributed by atoms with Crippen LogP contribution in [0.1, 0.15) is 12.8 Å². The molecule has 0 atom stereocenters. The molecule has 0 saturated carbocycles. The molecule has 0 aliphatic heterocycles. The third-order valence-corrected chi connectivity index (χ3v) is 2.60. The summed E-state index contributed by atoms with van der Waals surface area (Å²) < 4.78 is 10.3. The zero-order valence-electron chi connectivity index (χ0n) is 12.2. The molecular formula is C12H22ClN5O2. The van der Waals surface area contributed by atoms with Crippen LogP contribution in [0.5, 0.6) is 0 Å². The molecule has 7 nitrogen and oxygen atoms in total. The molecule has 0 aliphatic carbocycles. The fourth-order valence-electron chi connectivity index (χ4n) is 1.39. The SMILES string of the molecule is COCCOCCCCNc1nc(Cl)nc(N(C)C)n1. The molecule has 0 aromatic carbocycles. The normalized spacial score (nSPS) is 10.6. The maximum Gasteiger partial charge on any atom is 0.230 e. The first-order chi connectivity index (χ1) is 9.63. The van der Waals surface area contributed by atoms with Gasteiger partial charge in [0.15, 0.2) is 0 Å². The van der Waals surface area contributed by atoms with Gasteiger partial charge in [-0.2, -0.15) is 15.0 Å². The molecule has 0 radical (unpaired) electrons. The van der Waals surface area contributed by atoms with Crippen molar-refractivity contribution < 1.29 is 9.47 Å². The number of nitrogens with one attached hydrogen (secondary N) is 1. The van der Waals surface area contributed by atoms with E-state index in [2.05, 4.69) is 20.3 Å². The first kappa shape index (κ1) is 16.9. The van der Waals surface area contributed by atoms with Gasteiger partial charge in [-0.15, -0.1) is 0 Å². The van der Waals surface area contributed by atoms with Crippen molar-refractivity contribution in [3.05, 3.63) is 5.28 Å². The van der Waals surface area contributed by atoms with E-state index in [-0.39, 0.29) is 5.28 Å². The number of unbranched alkanes of at least 4 members (excludes halogenated alkanes) is 1.